The third-order valence-electron chi connectivity index (χ3n) is 4.73. The maximum Gasteiger partial charge on any atom is 0.410 e. The van der Waals surface area contributed by atoms with Crippen LogP contribution in [0.2, 0.25) is 0 Å². The highest BCUT2D eigenvalue weighted by atomic mass is 16.6. The maximum atomic E-state index is 12.2. The monoisotopic (exact) mass is 337 g/mol. The summed E-state index contributed by atoms with van der Waals surface area (Å²) >= 11 is 0. The van der Waals surface area contributed by atoms with E-state index in [9.17, 15) is 9.59 Å². The summed E-state index contributed by atoms with van der Waals surface area (Å²) < 4.78 is 5.33. The minimum absolute atomic E-state index is 0.0420. The van der Waals surface area contributed by atoms with E-state index in [1.807, 2.05) is 20.8 Å². The first kappa shape index (κ1) is 18.7. The molecule has 0 N–H and O–H groups in total. The molecule has 0 aromatic heterocycles. The van der Waals surface area contributed by atoms with Gasteiger partial charge < -0.3 is 9.64 Å². The van der Waals surface area contributed by atoms with E-state index in [2.05, 4.69) is 12.0 Å². The summed E-state index contributed by atoms with van der Waals surface area (Å²) in [4.78, 5) is 25.7. The molecule has 1 aliphatic carbocycles. The molecule has 6 heteroatoms. The standard InChI is InChI=1S/C18H31N3O3/c1-13-8-6-7-9-14(13)11-21-16(22)10-15(19-21)12-20(5)17(23)24-18(2,3)4/h13-14H,6-12H2,1-5H3. The molecular formula is C18H31N3O3. The van der Waals surface area contributed by atoms with Crippen molar-refractivity contribution in [2.24, 2.45) is 16.9 Å². The Morgan fingerprint density at radius 3 is 2.62 bits per heavy atom. The van der Waals surface area contributed by atoms with Crippen LogP contribution in [-0.2, 0) is 9.53 Å². The van der Waals surface area contributed by atoms with Gasteiger partial charge in [-0.3, -0.25) is 4.79 Å². The number of hydrogen-bond acceptors (Lipinski definition) is 4. The van der Waals surface area contributed by atoms with Crippen LogP contribution < -0.4 is 0 Å². The van der Waals surface area contributed by atoms with Crippen molar-refractivity contribution in [1.29, 1.82) is 0 Å². The Morgan fingerprint density at radius 2 is 2.00 bits per heavy atom. The van der Waals surface area contributed by atoms with Crippen molar-refractivity contribution in [3.63, 3.8) is 0 Å². The van der Waals surface area contributed by atoms with Crippen molar-refractivity contribution >= 4 is 17.7 Å². The van der Waals surface area contributed by atoms with Gasteiger partial charge >= 0.3 is 6.09 Å². The van der Waals surface area contributed by atoms with Crippen molar-refractivity contribution in [3.8, 4) is 0 Å². The second-order valence-corrected chi connectivity index (χ2v) is 8.18. The van der Waals surface area contributed by atoms with Gasteiger partial charge in [0, 0.05) is 13.6 Å². The van der Waals surface area contributed by atoms with Crippen LogP contribution in [0, 0.1) is 11.8 Å². The summed E-state index contributed by atoms with van der Waals surface area (Å²) in [5.41, 5.74) is 0.207. The molecule has 136 valence electrons. The van der Waals surface area contributed by atoms with E-state index in [1.54, 1.807) is 12.1 Å². The summed E-state index contributed by atoms with van der Waals surface area (Å²) in [6.45, 7) is 8.82. The number of amides is 2. The molecular weight excluding hydrogens is 306 g/mol. The molecule has 0 saturated heterocycles. The van der Waals surface area contributed by atoms with Crippen LogP contribution in [0.1, 0.15) is 59.8 Å². The summed E-state index contributed by atoms with van der Waals surface area (Å²) in [5, 5.41) is 6.08. The molecule has 1 heterocycles. The number of carbonyl (C=O) groups is 2. The number of ether oxygens (including phenoxy) is 1. The molecule has 2 rings (SSSR count). The summed E-state index contributed by atoms with van der Waals surface area (Å²) in [6, 6.07) is 0. The van der Waals surface area contributed by atoms with Gasteiger partial charge in [-0.05, 0) is 39.0 Å². The highest BCUT2D eigenvalue weighted by Crippen LogP contribution is 2.31. The quantitative estimate of drug-likeness (QED) is 0.791. The summed E-state index contributed by atoms with van der Waals surface area (Å²) in [5.74, 6) is 1.23. The lowest BCUT2D eigenvalue weighted by Crippen LogP contribution is -2.37. The Morgan fingerprint density at radius 1 is 1.33 bits per heavy atom. The lowest BCUT2D eigenvalue weighted by atomic mass is 9.80. The van der Waals surface area contributed by atoms with Crippen molar-refractivity contribution < 1.29 is 14.3 Å². The van der Waals surface area contributed by atoms with Gasteiger partial charge in [-0.15, -0.1) is 0 Å². The van der Waals surface area contributed by atoms with E-state index in [0.29, 0.717) is 31.3 Å². The molecule has 1 aliphatic heterocycles. The number of nitrogens with zero attached hydrogens (tertiary/aromatic N) is 3. The zero-order valence-corrected chi connectivity index (χ0v) is 15.7. The van der Waals surface area contributed by atoms with Gasteiger partial charge in [0.25, 0.3) is 0 Å². The minimum atomic E-state index is -0.526. The molecule has 2 amide bonds. The molecule has 1 fully saturated rings. The fraction of sp³-hybridized carbons (Fsp3) is 0.833. The first-order chi connectivity index (χ1) is 11.2. The largest absolute Gasteiger partial charge is 0.444 e. The van der Waals surface area contributed by atoms with Gasteiger partial charge in [-0.2, -0.15) is 5.10 Å². The van der Waals surface area contributed by atoms with Gasteiger partial charge in [0.2, 0.25) is 5.91 Å². The molecule has 6 nitrogen and oxygen atoms in total. The Hall–Kier alpha value is -1.59. The van der Waals surface area contributed by atoms with Gasteiger partial charge in [0.1, 0.15) is 5.60 Å². The lowest BCUT2D eigenvalue weighted by molar-refractivity contribution is -0.129. The predicted molar refractivity (Wildman–Crippen MR) is 93.8 cm³/mol. The Bertz CT molecular complexity index is 510. The van der Waals surface area contributed by atoms with Crippen molar-refractivity contribution in [2.75, 3.05) is 20.1 Å². The summed E-state index contributed by atoms with van der Waals surface area (Å²) in [7, 11) is 1.67. The lowest BCUT2D eigenvalue weighted by Gasteiger charge is -2.30. The van der Waals surface area contributed by atoms with Crippen LogP contribution in [0.15, 0.2) is 5.10 Å². The molecule has 0 aromatic carbocycles. The smallest absolute Gasteiger partial charge is 0.410 e. The third kappa shape index (κ3) is 5.21. The van der Waals surface area contributed by atoms with Crippen LogP contribution in [-0.4, -0.2) is 53.4 Å². The molecule has 0 spiro atoms. The fourth-order valence-corrected chi connectivity index (χ4v) is 3.32. The average molecular weight is 337 g/mol. The zero-order valence-electron chi connectivity index (χ0n) is 15.7. The van der Waals surface area contributed by atoms with E-state index < -0.39 is 11.7 Å². The van der Waals surface area contributed by atoms with E-state index in [-0.39, 0.29) is 5.91 Å². The number of hydrazone groups is 1. The molecule has 0 radical (unpaired) electrons. The Balaban J connectivity index is 1.90. The van der Waals surface area contributed by atoms with Crippen LogP contribution >= 0.6 is 0 Å². The van der Waals surface area contributed by atoms with Gasteiger partial charge in [-0.25, -0.2) is 9.80 Å². The van der Waals surface area contributed by atoms with E-state index >= 15 is 0 Å². The molecule has 2 atom stereocenters. The molecule has 24 heavy (non-hydrogen) atoms. The second kappa shape index (κ2) is 7.53. The fourth-order valence-electron chi connectivity index (χ4n) is 3.32. The summed E-state index contributed by atoms with van der Waals surface area (Å²) in [6.07, 6.45) is 4.86. The maximum absolute atomic E-state index is 12.2. The SMILES string of the molecule is CC1CCCCC1CN1N=C(CN(C)C(=O)OC(C)(C)C)CC1=O. The third-order valence-corrected chi connectivity index (χ3v) is 4.73. The second-order valence-electron chi connectivity index (χ2n) is 8.18. The van der Waals surface area contributed by atoms with Crippen LogP contribution in [0.25, 0.3) is 0 Å². The molecule has 0 aromatic rings. The molecule has 2 aliphatic rings. The van der Waals surface area contributed by atoms with Crippen molar-refractivity contribution in [1.82, 2.24) is 9.91 Å². The topological polar surface area (TPSA) is 62.2 Å². The van der Waals surface area contributed by atoms with E-state index in [4.69, 9.17) is 4.74 Å². The van der Waals surface area contributed by atoms with Crippen LogP contribution in [0.3, 0.4) is 0 Å². The van der Waals surface area contributed by atoms with Crippen LogP contribution in [0.5, 0.6) is 0 Å². The molecule has 2 unspecified atom stereocenters. The number of hydrogen-bond donors (Lipinski definition) is 0. The van der Waals surface area contributed by atoms with Gasteiger partial charge in [-0.1, -0.05) is 26.2 Å². The first-order valence-electron chi connectivity index (χ1n) is 8.96. The number of carbonyl (C=O) groups excluding carboxylic acids is 2. The minimum Gasteiger partial charge on any atom is -0.444 e. The average Bonchev–Trinajstić information content (AvgIpc) is 2.79. The molecule has 0 bridgehead atoms. The van der Waals surface area contributed by atoms with Gasteiger partial charge in [0.05, 0.1) is 18.7 Å². The van der Waals surface area contributed by atoms with Gasteiger partial charge in [0.15, 0.2) is 0 Å². The highest BCUT2D eigenvalue weighted by Gasteiger charge is 2.31. The van der Waals surface area contributed by atoms with Crippen LogP contribution in [0.4, 0.5) is 4.79 Å². The van der Waals surface area contributed by atoms with E-state index in [1.165, 1.54) is 30.6 Å². The van der Waals surface area contributed by atoms with Crippen molar-refractivity contribution in [3.05, 3.63) is 0 Å². The first-order valence-corrected chi connectivity index (χ1v) is 8.96. The van der Waals surface area contributed by atoms with E-state index in [0.717, 1.165) is 5.71 Å². The molecule has 1 saturated carbocycles. The Kier molecular flexibility index (Phi) is 5.88. The Labute approximate surface area is 145 Å². The normalized spacial score (nSPS) is 24.8. The predicted octanol–water partition coefficient (Wildman–Crippen LogP) is 3.27. The number of rotatable bonds is 4. The zero-order chi connectivity index (χ0) is 17.9. The van der Waals surface area contributed by atoms with Crippen molar-refractivity contribution in [2.45, 2.75) is 65.4 Å². The highest BCUT2D eigenvalue weighted by molar-refractivity contribution is 6.06.